The van der Waals surface area contributed by atoms with Crippen LogP contribution in [0.4, 0.5) is 13.6 Å². The Hall–Kier alpha value is -3.58. The maximum atomic E-state index is 13.9. The molecular weight excluding hydrogens is 464 g/mol. The Morgan fingerprint density at radius 2 is 1.47 bits per heavy atom. The molecule has 0 N–H and O–H groups in total. The van der Waals surface area contributed by atoms with Gasteiger partial charge in [0.25, 0.3) is 0 Å². The monoisotopic (exact) mass is 492 g/mol. The first-order valence-corrected chi connectivity index (χ1v) is 12.2. The number of Topliss-reactive ketones (excluding diaryl/α,β-unsaturated/α-hetero) is 1. The summed E-state index contributed by atoms with van der Waals surface area (Å²) in [5.74, 6) is -0.698. The van der Waals surface area contributed by atoms with Crippen molar-refractivity contribution in [3.8, 4) is 0 Å². The molecule has 5 nitrogen and oxygen atoms in total. The van der Waals surface area contributed by atoms with Crippen LogP contribution in [0.25, 0.3) is 0 Å². The highest BCUT2D eigenvalue weighted by Gasteiger charge is 2.49. The van der Waals surface area contributed by atoms with Gasteiger partial charge in [0.05, 0.1) is 13.1 Å². The molecule has 3 fully saturated rings. The zero-order valence-electron chi connectivity index (χ0n) is 19.8. The maximum Gasteiger partial charge on any atom is 0.509 e. The van der Waals surface area contributed by atoms with Crippen LogP contribution in [-0.4, -0.2) is 48.7 Å². The Kier molecular flexibility index (Phi) is 6.83. The second-order valence-corrected chi connectivity index (χ2v) is 9.77. The van der Waals surface area contributed by atoms with Gasteiger partial charge < -0.3 is 14.0 Å². The van der Waals surface area contributed by atoms with E-state index in [-0.39, 0.29) is 17.8 Å². The quantitative estimate of drug-likeness (QED) is 0.241. The number of benzene rings is 3. The number of carbonyl (C=O) groups excluding carboxylic acids is 2. The summed E-state index contributed by atoms with van der Waals surface area (Å²) < 4.78 is 39.9. The van der Waals surface area contributed by atoms with Gasteiger partial charge >= 0.3 is 6.16 Å². The van der Waals surface area contributed by atoms with Gasteiger partial charge in [-0.2, -0.15) is 0 Å². The first-order valence-electron chi connectivity index (χ1n) is 12.2. The number of nitrogens with zero attached hydrogens (tertiary/aromatic N) is 1. The van der Waals surface area contributed by atoms with Crippen LogP contribution in [0.2, 0.25) is 0 Å². The summed E-state index contributed by atoms with van der Waals surface area (Å²) >= 11 is 0. The molecule has 3 aliphatic rings. The number of rotatable bonds is 7. The molecule has 7 heteroatoms. The number of hydrogen-bond acceptors (Lipinski definition) is 4. The molecule has 3 aromatic carbocycles. The largest absolute Gasteiger partial charge is 0.509 e. The van der Waals surface area contributed by atoms with E-state index >= 15 is 0 Å². The van der Waals surface area contributed by atoms with E-state index in [2.05, 4.69) is 0 Å². The van der Waals surface area contributed by atoms with Crippen molar-refractivity contribution in [2.75, 3.05) is 26.2 Å². The summed E-state index contributed by atoms with van der Waals surface area (Å²) in [6.07, 6.45) is -0.578. The molecule has 6 rings (SSSR count). The Morgan fingerprint density at radius 3 is 2.06 bits per heavy atom. The van der Waals surface area contributed by atoms with Crippen LogP contribution in [-0.2, 0) is 9.47 Å². The number of halogens is 2. The first kappa shape index (κ1) is 24.1. The molecule has 0 aromatic heterocycles. The Balaban J connectivity index is 1.30. The van der Waals surface area contributed by atoms with Gasteiger partial charge in [0.2, 0.25) is 5.78 Å². The van der Waals surface area contributed by atoms with Gasteiger partial charge in [0, 0.05) is 35.4 Å². The van der Waals surface area contributed by atoms with Gasteiger partial charge in [-0.15, -0.1) is 0 Å². The molecule has 3 aromatic rings. The second-order valence-electron chi connectivity index (χ2n) is 9.77. The topological polar surface area (TPSA) is 52.6 Å². The third-order valence-corrected chi connectivity index (χ3v) is 7.38. The van der Waals surface area contributed by atoms with E-state index in [0.29, 0.717) is 34.3 Å². The molecule has 0 aliphatic carbocycles. The van der Waals surface area contributed by atoms with Crippen molar-refractivity contribution in [1.82, 2.24) is 0 Å². The third kappa shape index (κ3) is 5.31. The molecule has 1 atom stereocenters. The van der Waals surface area contributed by atoms with E-state index < -0.39 is 23.9 Å². The lowest BCUT2D eigenvalue weighted by atomic mass is 9.83. The van der Waals surface area contributed by atoms with Gasteiger partial charge in [-0.3, -0.25) is 4.79 Å². The van der Waals surface area contributed by atoms with Crippen LogP contribution in [0.3, 0.4) is 0 Å². The van der Waals surface area contributed by atoms with Crippen LogP contribution in [0.5, 0.6) is 0 Å². The van der Waals surface area contributed by atoms with E-state index in [1.165, 1.54) is 36.4 Å². The fraction of sp³-hybridized carbons (Fsp3) is 0.310. The van der Waals surface area contributed by atoms with Crippen molar-refractivity contribution in [1.29, 1.82) is 0 Å². The molecule has 1 unspecified atom stereocenters. The first-order chi connectivity index (χ1) is 17.4. The molecule has 0 saturated carbocycles. The summed E-state index contributed by atoms with van der Waals surface area (Å²) in [6, 6.07) is 20.6. The summed E-state index contributed by atoms with van der Waals surface area (Å²) in [6.45, 7) is 2.64. The van der Waals surface area contributed by atoms with Crippen LogP contribution >= 0.6 is 0 Å². The average Bonchev–Trinajstić information content (AvgIpc) is 2.88. The maximum absolute atomic E-state index is 13.9. The van der Waals surface area contributed by atoms with Crippen molar-refractivity contribution < 1.29 is 32.3 Å². The lowest BCUT2D eigenvalue weighted by Gasteiger charge is -2.51. The van der Waals surface area contributed by atoms with E-state index in [1.54, 1.807) is 12.1 Å². The number of ketones is 1. The van der Waals surface area contributed by atoms with Gasteiger partial charge in [-0.05, 0) is 24.3 Å². The number of carbonyl (C=O) groups is 2. The van der Waals surface area contributed by atoms with E-state index in [0.717, 1.165) is 25.9 Å². The fourth-order valence-electron chi connectivity index (χ4n) is 5.51. The minimum Gasteiger partial charge on any atom is -0.425 e. The summed E-state index contributed by atoms with van der Waals surface area (Å²) in [5.41, 5.74) is 1.44. The minimum absolute atomic E-state index is 0.0783. The van der Waals surface area contributed by atoms with E-state index in [4.69, 9.17) is 9.47 Å². The van der Waals surface area contributed by atoms with Crippen molar-refractivity contribution in [3.63, 3.8) is 0 Å². The molecule has 3 saturated heterocycles. The van der Waals surface area contributed by atoms with Gasteiger partial charge in [0.15, 0.2) is 12.2 Å². The molecule has 2 bridgehead atoms. The van der Waals surface area contributed by atoms with Gasteiger partial charge in [-0.25, -0.2) is 13.6 Å². The summed E-state index contributed by atoms with van der Waals surface area (Å²) in [5, 5.41) is 0. The molecule has 0 amide bonds. The predicted molar refractivity (Wildman–Crippen MR) is 129 cm³/mol. The van der Waals surface area contributed by atoms with Crippen LogP contribution < -0.4 is 0 Å². The zero-order chi connectivity index (χ0) is 25.1. The van der Waals surface area contributed by atoms with Crippen molar-refractivity contribution in [3.05, 3.63) is 107 Å². The van der Waals surface area contributed by atoms with E-state index in [1.807, 2.05) is 30.3 Å². The highest BCUT2D eigenvalue weighted by Crippen LogP contribution is 2.36. The van der Waals surface area contributed by atoms with Crippen LogP contribution in [0.1, 0.15) is 40.4 Å². The van der Waals surface area contributed by atoms with Crippen molar-refractivity contribution in [2.24, 2.45) is 5.92 Å². The molecule has 3 aliphatic heterocycles. The SMILES string of the molecule is O=C(OC(c1cccc(F)c1)c1cccc(F)c1)OC1C[N+]2(CC(=O)c3ccccc3)CCC1CC2. The Bertz CT molecular complexity index is 1200. The number of piperidine rings is 3. The number of quaternary nitrogens is 1. The standard InChI is InChI=1S/C29H28F2NO4/c30-24-10-4-8-22(16-24)28(23-9-5-11-25(31)17-23)36-29(34)35-27-19-32(14-12-21(27)13-15-32)18-26(33)20-6-2-1-3-7-20/h1-11,16-17,21,27-28H,12-15,18-19H2/q+1. The predicted octanol–water partition coefficient (Wildman–Crippen LogP) is 5.70. The van der Waals surface area contributed by atoms with Crippen molar-refractivity contribution >= 4 is 11.9 Å². The van der Waals surface area contributed by atoms with Gasteiger partial charge in [0.1, 0.15) is 24.7 Å². The van der Waals surface area contributed by atoms with Crippen molar-refractivity contribution in [2.45, 2.75) is 25.0 Å². The Morgan fingerprint density at radius 1 is 0.861 bits per heavy atom. The fourth-order valence-corrected chi connectivity index (χ4v) is 5.51. The highest BCUT2D eigenvalue weighted by atomic mass is 19.1. The Labute approximate surface area is 208 Å². The number of ether oxygens (including phenoxy) is 2. The van der Waals surface area contributed by atoms with Crippen LogP contribution in [0.15, 0.2) is 78.9 Å². The third-order valence-electron chi connectivity index (χ3n) is 7.38. The lowest BCUT2D eigenvalue weighted by molar-refractivity contribution is -0.938. The second kappa shape index (κ2) is 10.2. The average molecular weight is 493 g/mol. The summed E-state index contributed by atoms with van der Waals surface area (Å²) in [7, 11) is 0. The minimum atomic E-state index is -1.02. The normalized spacial score (nSPS) is 22.9. The zero-order valence-corrected chi connectivity index (χ0v) is 19.8. The smallest absolute Gasteiger partial charge is 0.425 e. The molecule has 36 heavy (non-hydrogen) atoms. The molecule has 186 valence electrons. The van der Waals surface area contributed by atoms with Crippen LogP contribution in [0, 0.1) is 17.6 Å². The molecule has 0 radical (unpaired) electrons. The molecule has 3 heterocycles. The molecular formula is C29H28F2NO4+. The number of fused-ring (bicyclic) bond motifs is 3. The molecule has 0 spiro atoms. The lowest BCUT2D eigenvalue weighted by Crippen LogP contribution is -2.65. The highest BCUT2D eigenvalue weighted by molar-refractivity contribution is 5.96. The number of hydrogen-bond donors (Lipinski definition) is 0. The van der Waals surface area contributed by atoms with Gasteiger partial charge in [-0.1, -0.05) is 54.6 Å². The van der Waals surface area contributed by atoms with E-state index in [9.17, 15) is 18.4 Å². The summed E-state index contributed by atoms with van der Waals surface area (Å²) in [4.78, 5) is 25.9.